The second-order valence-corrected chi connectivity index (χ2v) is 5.22. The molecule has 0 saturated carbocycles. The number of phenolic OH excluding ortho intramolecular Hbond substituents is 1. The predicted octanol–water partition coefficient (Wildman–Crippen LogP) is 4.11. The van der Waals surface area contributed by atoms with Gasteiger partial charge in [-0.25, -0.2) is 0 Å². The van der Waals surface area contributed by atoms with Crippen LogP contribution < -0.4 is 10.1 Å². The molecule has 110 valence electrons. The van der Waals surface area contributed by atoms with Crippen LogP contribution >= 0.6 is 23.2 Å². The zero-order valence-corrected chi connectivity index (χ0v) is 12.7. The molecular weight excluding hydrogens is 313 g/mol. The van der Waals surface area contributed by atoms with Gasteiger partial charge in [0.25, 0.3) is 5.91 Å². The molecule has 0 fully saturated rings. The first kappa shape index (κ1) is 15.5. The van der Waals surface area contributed by atoms with Crippen molar-refractivity contribution in [3.63, 3.8) is 0 Å². The highest BCUT2D eigenvalue weighted by molar-refractivity contribution is 6.35. The van der Waals surface area contributed by atoms with Gasteiger partial charge < -0.3 is 15.2 Å². The molecule has 0 aliphatic heterocycles. The third kappa shape index (κ3) is 4.28. The SMILES string of the molecule is CC(Oc1ccc(Cl)cc1Cl)C(=O)Nc1cccc(O)c1. The van der Waals surface area contributed by atoms with Gasteiger partial charge in [0.05, 0.1) is 5.02 Å². The Kier molecular flexibility index (Phi) is 4.94. The molecule has 0 saturated heterocycles. The highest BCUT2D eigenvalue weighted by Crippen LogP contribution is 2.28. The van der Waals surface area contributed by atoms with Crippen molar-refractivity contribution in [1.82, 2.24) is 0 Å². The molecule has 1 unspecified atom stereocenters. The van der Waals surface area contributed by atoms with Gasteiger partial charge in [0.2, 0.25) is 0 Å². The topological polar surface area (TPSA) is 58.6 Å². The lowest BCUT2D eigenvalue weighted by atomic mass is 10.2. The Hall–Kier alpha value is -1.91. The van der Waals surface area contributed by atoms with Gasteiger partial charge in [-0.05, 0) is 37.3 Å². The fourth-order valence-electron chi connectivity index (χ4n) is 1.64. The van der Waals surface area contributed by atoms with Crippen molar-refractivity contribution in [2.45, 2.75) is 13.0 Å². The molecule has 2 aromatic carbocycles. The molecule has 21 heavy (non-hydrogen) atoms. The summed E-state index contributed by atoms with van der Waals surface area (Å²) >= 11 is 11.8. The van der Waals surface area contributed by atoms with Crippen molar-refractivity contribution in [2.24, 2.45) is 0 Å². The van der Waals surface area contributed by atoms with Gasteiger partial charge in [0.1, 0.15) is 11.5 Å². The summed E-state index contributed by atoms with van der Waals surface area (Å²) in [5.74, 6) is 0.0911. The molecule has 0 radical (unpaired) electrons. The Morgan fingerprint density at radius 2 is 2.00 bits per heavy atom. The highest BCUT2D eigenvalue weighted by Gasteiger charge is 2.16. The summed E-state index contributed by atoms with van der Waals surface area (Å²) in [7, 11) is 0. The first-order chi connectivity index (χ1) is 9.95. The smallest absolute Gasteiger partial charge is 0.265 e. The number of hydrogen-bond acceptors (Lipinski definition) is 3. The predicted molar refractivity (Wildman–Crippen MR) is 83.3 cm³/mol. The Morgan fingerprint density at radius 1 is 1.24 bits per heavy atom. The Bertz CT molecular complexity index is 661. The molecule has 2 N–H and O–H groups in total. The first-order valence-electron chi connectivity index (χ1n) is 6.17. The molecule has 4 nitrogen and oxygen atoms in total. The maximum Gasteiger partial charge on any atom is 0.265 e. The van der Waals surface area contributed by atoms with Crippen LogP contribution in [0.15, 0.2) is 42.5 Å². The summed E-state index contributed by atoms with van der Waals surface area (Å²) in [6.45, 7) is 1.60. The number of nitrogens with one attached hydrogen (secondary N) is 1. The Labute approximate surface area is 132 Å². The van der Waals surface area contributed by atoms with Gasteiger partial charge in [-0.15, -0.1) is 0 Å². The maximum absolute atomic E-state index is 12.0. The summed E-state index contributed by atoms with van der Waals surface area (Å²) < 4.78 is 5.50. The van der Waals surface area contributed by atoms with Gasteiger partial charge >= 0.3 is 0 Å². The molecule has 2 rings (SSSR count). The zero-order chi connectivity index (χ0) is 15.4. The zero-order valence-electron chi connectivity index (χ0n) is 11.1. The molecule has 0 bridgehead atoms. The van der Waals surface area contributed by atoms with Crippen molar-refractivity contribution >= 4 is 34.8 Å². The molecule has 2 aromatic rings. The van der Waals surface area contributed by atoms with Crippen LogP contribution in [0.25, 0.3) is 0 Å². The van der Waals surface area contributed by atoms with Crippen LogP contribution in [0.1, 0.15) is 6.92 Å². The van der Waals surface area contributed by atoms with Crippen LogP contribution in [0.4, 0.5) is 5.69 Å². The molecule has 0 heterocycles. The Morgan fingerprint density at radius 3 is 2.67 bits per heavy atom. The Balaban J connectivity index is 2.02. The molecule has 6 heteroatoms. The fourth-order valence-corrected chi connectivity index (χ4v) is 2.10. The number of rotatable bonds is 4. The molecule has 1 amide bonds. The number of hydrogen-bond donors (Lipinski definition) is 2. The van der Waals surface area contributed by atoms with E-state index in [1.54, 1.807) is 31.2 Å². The van der Waals surface area contributed by atoms with Crippen LogP contribution in [-0.2, 0) is 4.79 Å². The highest BCUT2D eigenvalue weighted by atomic mass is 35.5. The fraction of sp³-hybridized carbons (Fsp3) is 0.133. The second kappa shape index (κ2) is 6.70. The maximum atomic E-state index is 12.0. The number of phenols is 1. The van der Waals surface area contributed by atoms with Crippen LogP contribution in [0.5, 0.6) is 11.5 Å². The van der Waals surface area contributed by atoms with Gasteiger partial charge in [0, 0.05) is 16.8 Å². The molecule has 0 aliphatic carbocycles. The van der Waals surface area contributed by atoms with Crippen LogP contribution in [-0.4, -0.2) is 17.1 Å². The average Bonchev–Trinajstić information content (AvgIpc) is 2.41. The lowest BCUT2D eigenvalue weighted by Gasteiger charge is -2.15. The lowest BCUT2D eigenvalue weighted by molar-refractivity contribution is -0.122. The molecule has 0 aliphatic rings. The van der Waals surface area contributed by atoms with Crippen molar-refractivity contribution in [3.05, 3.63) is 52.5 Å². The summed E-state index contributed by atoms with van der Waals surface area (Å²) in [5.41, 5.74) is 0.484. The summed E-state index contributed by atoms with van der Waals surface area (Å²) in [6, 6.07) is 11.0. The van der Waals surface area contributed by atoms with E-state index < -0.39 is 6.10 Å². The third-order valence-corrected chi connectivity index (χ3v) is 3.21. The number of anilines is 1. The van der Waals surface area contributed by atoms with E-state index in [9.17, 15) is 9.90 Å². The molecule has 1 atom stereocenters. The minimum Gasteiger partial charge on any atom is -0.508 e. The number of aromatic hydroxyl groups is 1. The van der Waals surface area contributed by atoms with Crippen LogP contribution in [0.3, 0.4) is 0 Å². The lowest BCUT2D eigenvalue weighted by Crippen LogP contribution is -2.30. The number of carbonyl (C=O) groups is 1. The normalized spacial score (nSPS) is 11.8. The van der Waals surface area contributed by atoms with Gasteiger partial charge in [-0.3, -0.25) is 4.79 Å². The number of ether oxygens (including phenoxy) is 1. The largest absolute Gasteiger partial charge is 0.508 e. The van der Waals surface area contributed by atoms with Crippen molar-refractivity contribution in [2.75, 3.05) is 5.32 Å². The molecular formula is C15H13Cl2NO3. The van der Waals surface area contributed by atoms with Crippen LogP contribution in [0.2, 0.25) is 10.0 Å². The second-order valence-electron chi connectivity index (χ2n) is 4.37. The van der Waals surface area contributed by atoms with E-state index in [-0.39, 0.29) is 11.7 Å². The third-order valence-electron chi connectivity index (χ3n) is 2.68. The first-order valence-corrected chi connectivity index (χ1v) is 6.93. The minimum absolute atomic E-state index is 0.0714. The van der Waals surface area contributed by atoms with E-state index in [4.69, 9.17) is 27.9 Å². The molecule has 0 aromatic heterocycles. The van der Waals surface area contributed by atoms with E-state index in [1.165, 1.54) is 18.2 Å². The van der Waals surface area contributed by atoms with E-state index in [0.717, 1.165) is 0 Å². The van der Waals surface area contributed by atoms with E-state index in [2.05, 4.69) is 5.32 Å². The van der Waals surface area contributed by atoms with Gasteiger partial charge in [-0.1, -0.05) is 29.3 Å². The monoisotopic (exact) mass is 325 g/mol. The van der Waals surface area contributed by atoms with Crippen LogP contribution in [0, 0.1) is 0 Å². The van der Waals surface area contributed by atoms with E-state index >= 15 is 0 Å². The summed E-state index contributed by atoms with van der Waals surface area (Å²) in [6.07, 6.45) is -0.758. The number of carbonyl (C=O) groups excluding carboxylic acids is 1. The minimum atomic E-state index is -0.758. The van der Waals surface area contributed by atoms with Crippen molar-refractivity contribution < 1.29 is 14.6 Å². The van der Waals surface area contributed by atoms with Crippen molar-refractivity contribution in [1.29, 1.82) is 0 Å². The van der Waals surface area contributed by atoms with Gasteiger partial charge in [0.15, 0.2) is 6.10 Å². The van der Waals surface area contributed by atoms with Gasteiger partial charge in [-0.2, -0.15) is 0 Å². The number of amides is 1. The van der Waals surface area contributed by atoms with Crippen molar-refractivity contribution in [3.8, 4) is 11.5 Å². The summed E-state index contributed by atoms with van der Waals surface area (Å²) in [4.78, 5) is 12.0. The number of benzene rings is 2. The quantitative estimate of drug-likeness (QED) is 0.889. The molecule has 0 spiro atoms. The standard InChI is InChI=1S/C15H13Cl2NO3/c1-9(21-14-6-5-10(16)7-13(14)17)15(20)18-11-3-2-4-12(19)8-11/h2-9,19H,1H3,(H,18,20). The van der Waals surface area contributed by atoms with E-state index in [0.29, 0.717) is 21.5 Å². The summed E-state index contributed by atoms with van der Waals surface area (Å²) in [5, 5.41) is 12.8. The average molecular weight is 326 g/mol. The van der Waals surface area contributed by atoms with E-state index in [1.807, 2.05) is 0 Å². The number of halogens is 2.